The fraction of sp³-hybridized carbons (Fsp3) is 0.321. The molecule has 0 unspecified atom stereocenters. The zero-order valence-electron chi connectivity index (χ0n) is 23.1. The van der Waals surface area contributed by atoms with Crippen molar-refractivity contribution in [1.29, 1.82) is 0 Å². The van der Waals surface area contributed by atoms with Gasteiger partial charge in [-0.1, -0.05) is 24.3 Å². The molecule has 5 rings (SSSR count). The number of nitrogen functional groups attached to an aromatic ring is 2. The first-order chi connectivity index (χ1) is 19.0. The highest BCUT2D eigenvalue weighted by Crippen LogP contribution is 2.37. The van der Waals surface area contributed by atoms with Crippen molar-refractivity contribution in [2.75, 3.05) is 49.6 Å². The Bertz CT molecular complexity index is 1590. The number of nitrogens with two attached hydrogens (primary N) is 2. The van der Waals surface area contributed by atoms with Gasteiger partial charge in [0.25, 0.3) is 0 Å². The molecular weight excluding hydrogens is 544 g/mol. The Morgan fingerprint density at radius 1 is 0.900 bits per heavy atom. The molecule has 1 aliphatic heterocycles. The molecule has 3 heterocycles. The van der Waals surface area contributed by atoms with Crippen molar-refractivity contribution in [3.05, 3.63) is 59.5 Å². The lowest BCUT2D eigenvalue weighted by Gasteiger charge is -2.31. The van der Waals surface area contributed by atoms with E-state index in [9.17, 15) is 8.42 Å². The number of rotatable bonds is 7. The molecule has 12 heteroatoms. The van der Waals surface area contributed by atoms with Gasteiger partial charge in [0.15, 0.2) is 11.0 Å². The second kappa shape index (κ2) is 11.1. The Kier molecular flexibility index (Phi) is 7.78. The van der Waals surface area contributed by atoms with Crippen LogP contribution in [0.5, 0.6) is 0 Å². The summed E-state index contributed by atoms with van der Waals surface area (Å²) in [6.45, 7) is 8.76. The Morgan fingerprint density at radius 3 is 2.15 bits per heavy atom. The third kappa shape index (κ3) is 5.66. The quantitative estimate of drug-likeness (QED) is 0.330. The normalized spacial score (nSPS) is 15.0. The van der Waals surface area contributed by atoms with E-state index in [0.717, 1.165) is 40.6 Å². The Labute approximate surface area is 239 Å². The fourth-order valence-electron chi connectivity index (χ4n) is 4.73. The molecule has 4 N–H and O–H groups in total. The standard InChI is InChI=1S/C28H34N8O2S2/c1-18(2)36(28-31-23(17-39-28)27-32-25(29)16-26(30)33-27)24-15-21(6-5-19(24)3)20-7-9-22(10-8-20)40(37,38)35-13-11-34(4)12-14-35/h5-10,15-18H,11-14H2,1-4H3,(H4,29,30,32,33). The molecule has 0 aliphatic carbocycles. The van der Waals surface area contributed by atoms with Gasteiger partial charge in [0.1, 0.15) is 17.3 Å². The maximum absolute atomic E-state index is 13.2. The number of hydrogen-bond acceptors (Lipinski definition) is 10. The molecule has 4 aromatic rings. The van der Waals surface area contributed by atoms with Crippen molar-refractivity contribution >= 4 is 43.8 Å². The van der Waals surface area contributed by atoms with Gasteiger partial charge >= 0.3 is 0 Å². The first kappa shape index (κ1) is 28.0. The van der Waals surface area contributed by atoms with Gasteiger partial charge in [-0.3, -0.25) is 0 Å². The van der Waals surface area contributed by atoms with Gasteiger partial charge in [-0.15, -0.1) is 11.3 Å². The van der Waals surface area contributed by atoms with Crippen LogP contribution in [0.2, 0.25) is 0 Å². The average molecular weight is 579 g/mol. The van der Waals surface area contributed by atoms with Crippen LogP contribution >= 0.6 is 11.3 Å². The minimum absolute atomic E-state index is 0.107. The molecule has 0 atom stereocenters. The van der Waals surface area contributed by atoms with E-state index in [0.29, 0.717) is 41.1 Å². The first-order valence-electron chi connectivity index (χ1n) is 13.1. The molecule has 1 saturated heterocycles. The highest BCUT2D eigenvalue weighted by atomic mass is 32.2. The van der Waals surface area contributed by atoms with Gasteiger partial charge in [-0.05, 0) is 62.7 Å². The summed E-state index contributed by atoms with van der Waals surface area (Å²) in [6.07, 6.45) is 0. The number of thiazole rings is 1. The van der Waals surface area contributed by atoms with E-state index in [1.165, 1.54) is 17.4 Å². The van der Waals surface area contributed by atoms with E-state index in [1.54, 1.807) is 16.4 Å². The van der Waals surface area contributed by atoms with Gasteiger partial charge in [0.2, 0.25) is 10.0 Å². The molecule has 0 bridgehead atoms. The predicted octanol–water partition coefficient (Wildman–Crippen LogP) is 4.22. The summed E-state index contributed by atoms with van der Waals surface area (Å²) in [4.78, 5) is 18.0. The van der Waals surface area contributed by atoms with Crippen LogP contribution in [-0.2, 0) is 10.0 Å². The minimum atomic E-state index is -3.52. The molecule has 0 amide bonds. The number of anilines is 4. The Hall–Kier alpha value is -3.58. The molecule has 40 heavy (non-hydrogen) atoms. The average Bonchev–Trinajstić information content (AvgIpc) is 3.39. The highest BCUT2D eigenvalue weighted by Gasteiger charge is 2.27. The fourth-order valence-corrected chi connectivity index (χ4v) is 7.10. The molecule has 0 radical (unpaired) electrons. The number of likely N-dealkylation sites (N-methyl/N-ethyl adjacent to an activating group) is 1. The van der Waals surface area contributed by atoms with Gasteiger partial charge in [-0.25, -0.2) is 23.4 Å². The maximum Gasteiger partial charge on any atom is 0.243 e. The van der Waals surface area contributed by atoms with Gasteiger partial charge in [-0.2, -0.15) is 4.31 Å². The van der Waals surface area contributed by atoms with Crippen molar-refractivity contribution in [3.63, 3.8) is 0 Å². The summed E-state index contributed by atoms with van der Waals surface area (Å²) in [5.41, 5.74) is 16.4. The van der Waals surface area contributed by atoms with E-state index in [1.807, 2.05) is 24.6 Å². The van der Waals surface area contributed by atoms with Crippen LogP contribution < -0.4 is 16.4 Å². The number of aryl methyl sites for hydroxylation is 1. The van der Waals surface area contributed by atoms with Gasteiger partial charge in [0, 0.05) is 49.4 Å². The van der Waals surface area contributed by atoms with Crippen molar-refractivity contribution in [2.45, 2.75) is 31.7 Å². The number of piperazine rings is 1. The molecule has 2 aromatic carbocycles. The van der Waals surface area contributed by atoms with Crippen LogP contribution in [-0.4, -0.2) is 71.8 Å². The maximum atomic E-state index is 13.2. The lowest BCUT2D eigenvalue weighted by Crippen LogP contribution is -2.46. The summed E-state index contributed by atoms with van der Waals surface area (Å²) in [5, 5.41) is 2.70. The van der Waals surface area contributed by atoms with Crippen LogP contribution in [0.15, 0.2) is 58.8 Å². The monoisotopic (exact) mass is 578 g/mol. The Morgan fingerprint density at radius 2 is 1.52 bits per heavy atom. The molecule has 1 aliphatic rings. The molecule has 0 spiro atoms. The summed E-state index contributed by atoms with van der Waals surface area (Å²) in [7, 11) is -1.51. The zero-order chi connectivity index (χ0) is 28.6. The number of aromatic nitrogens is 3. The lowest BCUT2D eigenvalue weighted by atomic mass is 10.0. The number of nitrogens with zero attached hydrogens (tertiary/aromatic N) is 6. The molecule has 210 valence electrons. The van der Waals surface area contributed by atoms with Gasteiger partial charge in [0.05, 0.1) is 4.90 Å². The molecule has 10 nitrogen and oxygen atoms in total. The SMILES string of the molecule is Cc1ccc(-c2ccc(S(=O)(=O)N3CCN(C)CC3)cc2)cc1N(c1nc(-c2nc(N)cc(N)n2)cs1)C(C)C. The lowest BCUT2D eigenvalue weighted by molar-refractivity contribution is 0.222. The third-order valence-electron chi connectivity index (χ3n) is 6.97. The Balaban J connectivity index is 1.44. The second-order valence-corrected chi connectivity index (χ2v) is 13.0. The van der Waals surface area contributed by atoms with Crippen molar-refractivity contribution < 1.29 is 8.42 Å². The number of benzene rings is 2. The molecular formula is C28H34N8O2S2. The van der Waals surface area contributed by atoms with E-state index >= 15 is 0 Å². The van der Waals surface area contributed by atoms with E-state index in [2.05, 4.69) is 58.7 Å². The largest absolute Gasteiger partial charge is 0.384 e. The van der Waals surface area contributed by atoms with E-state index in [-0.39, 0.29) is 6.04 Å². The first-order valence-corrected chi connectivity index (χ1v) is 15.4. The summed E-state index contributed by atoms with van der Waals surface area (Å²) in [6, 6.07) is 15.0. The second-order valence-electron chi connectivity index (χ2n) is 10.3. The van der Waals surface area contributed by atoms with Crippen LogP contribution in [0.4, 0.5) is 22.5 Å². The number of sulfonamides is 1. The van der Waals surface area contributed by atoms with E-state index in [4.69, 9.17) is 16.5 Å². The summed E-state index contributed by atoms with van der Waals surface area (Å²) in [5.74, 6) is 0.980. The van der Waals surface area contributed by atoms with Crippen LogP contribution in [0.25, 0.3) is 22.6 Å². The van der Waals surface area contributed by atoms with Crippen LogP contribution in [0.1, 0.15) is 19.4 Å². The van der Waals surface area contributed by atoms with Crippen molar-refractivity contribution in [3.8, 4) is 22.6 Å². The van der Waals surface area contributed by atoms with Gasteiger partial charge < -0.3 is 21.3 Å². The van der Waals surface area contributed by atoms with Crippen molar-refractivity contribution in [1.82, 2.24) is 24.2 Å². The minimum Gasteiger partial charge on any atom is -0.384 e. The highest BCUT2D eigenvalue weighted by molar-refractivity contribution is 7.89. The van der Waals surface area contributed by atoms with Crippen LogP contribution in [0, 0.1) is 6.92 Å². The zero-order valence-corrected chi connectivity index (χ0v) is 24.7. The third-order valence-corrected chi connectivity index (χ3v) is 9.72. The molecule has 2 aromatic heterocycles. The smallest absolute Gasteiger partial charge is 0.243 e. The number of hydrogen-bond donors (Lipinski definition) is 2. The van der Waals surface area contributed by atoms with Crippen molar-refractivity contribution in [2.24, 2.45) is 0 Å². The summed E-state index contributed by atoms with van der Waals surface area (Å²) >= 11 is 1.49. The summed E-state index contributed by atoms with van der Waals surface area (Å²) < 4.78 is 27.9. The van der Waals surface area contributed by atoms with E-state index < -0.39 is 10.0 Å². The molecule has 0 saturated carbocycles. The van der Waals surface area contributed by atoms with Crippen LogP contribution in [0.3, 0.4) is 0 Å². The topological polar surface area (TPSA) is 135 Å². The predicted molar refractivity (Wildman–Crippen MR) is 162 cm³/mol. The molecule has 1 fully saturated rings.